The number of hydrogen-bond acceptors (Lipinski definition) is 3. The molecule has 2 atom stereocenters. The second-order valence-corrected chi connectivity index (χ2v) is 5.03. The van der Waals surface area contributed by atoms with Crippen LogP contribution >= 0.6 is 11.6 Å². The van der Waals surface area contributed by atoms with Gasteiger partial charge in [0, 0.05) is 18.0 Å². The molecule has 5 nitrogen and oxygen atoms in total. The van der Waals surface area contributed by atoms with Crippen LogP contribution in [0.3, 0.4) is 0 Å². The minimum absolute atomic E-state index is 0.0728. The highest BCUT2D eigenvalue weighted by atomic mass is 35.5. The van der Waals surface area contributed by atoms with E-state index in [0.717, 1.165) is 5.56 Å². The number of halogens is 1. The van der Waals surface area contributed by atoms with Crippen LogP contribution in [0.1, 0.15) is 12.0 Å². The van der Waals surface area contributed by atoms with Gasteiger partial charge in [0.15, 0.2) is 0 Å². The van der Waals surface area contributed by atoms with Crippen molar-refractivity contribution in [3.05, 3.63) is 34.9 Å². The van der Waals surface area contributed by atoms with Gasteiger partial charge in [-0.15, -0.1) is 0 Å². The molecule has 1 heterocycles. The van der Waals surface area contributed by atoms with E-state index >= 15 is 0 Å². The summed E-state index contributed by atoms with van der Waals surface area (Å²) in [6.07, 6.45) is -0.578. The van der Waals surface area contributed by atoms with E-state index in [0.29, 0.717) is 5.02 Å². The van der Waals surface area contributed by atoms with Crippen LogP contribution in [0.25, 0.3) is 0 Å². The van der Waals surface area contributed by atoms with Crippen molar-refractivity contribution in [3.63, 3.8) is 0 Å². The van der Waals surface area contributed by atoms with Gasteiger partial charge in [-0.1, -0.05) is 23.7 Å². The van der Waals surface area contributed by atoms with Crippen LogP contribution in [0.2, 0.25) is 5.02 Å². The summed E-state index contributed by atoms with van der Waals surface area (Å²) in [7, 11) is 0. The number of carboxylic acid groups (broad SMARTS) is 1. The molecule has 0 aromatic heterocycles. The normalized spacial score (nSPS) is 22.5. The highest BCUT2D eigenvalue weighted by Crippen LogP contribution is 2.20. The van der Waals surface area contributed by atoms with Gasteiger partial charge in [0.05, 0.1) is 12.5 Å². The molecule has 0 spiro atoms. The molecule has 1 aliphatic rings. The Bertz CT molecular complexity index is 488. The highest BCUT2D eigenvalue weighted by Gasteiger charge is 2.38. The summed E-state index contributed by atoms with van der Waals surface area (Å²) < 4.78 is 0. The fraction of sp³-hybridized carbons (Fsp3) is 0.385. The summed E-state index contributed by atoms with van der Waals surface area (Å²) in [6.45, 7) is 0.0728. The first-order valence-electron chi connectivity index (χ1n) is 5.92. The maximum absolute atomic E-state index is 12.1. The zero-order valence-electron chi connectivity index (χ0n) is 10.1. The first-order chi connectivity index (χ1) is 8.97. The van der Waals surface area contributed by atoms with E-state index in [1.165, 1.54) is 4.90 Å². The number of carboxylic acids is 1. The molecule has 1 aromatic carbocycles. The number of aliphatic hydroxyl groups excluding tert-OH is 1. The summed E-state index contributed by atoms with van der Waals surface area (Å²) in [5, 5.41) is 19.1. The maximum atomic E-state index is 12.1. The lowest BCUT2D eigenvalue weighted by Crippen LogP contribution is -2.41. The Hall–Kier alpha value is -1.59. The van der Waals surface area contributed by atoms with Gasteiger partial charge in [-0.2, -0.15) is 0 Å². The molecule has 2 rings (SSSR count). The van der Waals surface area contributed by atoms with Gasteiger partial charge in [-0.25, -0.2) is 4.79 Å². The third kappa shape index (κ3) is 3.24. The van der Waals surface area contributed by atoms with Crippen LogP contribution < -0.4 is 0 Å². The number of hydrogen-bond donors (Lipinski definition) is 2. The van der Waals surface area contributed by atoms with Crippen LogP contribution in [0.15, 0.2) is 24.3 Å². The summed E-state index contributed by atoms with van der Waals surface area (Å²) in [4.78, 5) is 24.3. The van der Waals surface area contributed by atoms with Gasteiger partial charge in [-0.05, 0) is 17.7 Å². The predicted octanol–water partition coefficient (Wildman–Crippen LogP) is 0.929. The molecule has 1 amide bonds. The molecule has 102 valence electrons. The Labute approximate surface area is 115 Å². The standard InChI is InChI=1S/C13H14ClNO4/c14-9-3-1-8(2-4-9)5-12(17)15-7-10(16)6-11(15)13(18)19/h1-4,10-11,16H,5-7H2,(H,18,19)/t10-,11+/m1/s1. The van der Waals surface area contributed by atoms with Crippen molar-refractivity contribution in [1.29, 1.82) is 0 Å². The fourth-order valence-corrected chi connectivity index (χ4v) is 2.33. The van der Waals surface area contributed by atoms with Gasteiger partial charge < -0.3 is 15.1 Å². The Morgan fingerprint density at radius 3 is 2.53 bits per heavy atom. The number of aliphatic carboxylic acids is 1. The third-order valence-electron chi connectivity index (χ3n) is 3.15. The summed E-state index contributed by atoms with van der Waals surface area (Å²) in [6, 6.07) is 5.87. The first-order valence-corrected chi connectivity index (χ1v) is 6.30. The van der Waals surface area contributed by atoms with E-state index in [4.69, 9.17) is 16.7 Å². The van der Waals surface area contributed by atoms with Crippen LogP contribution in [-0.2, 0) is 16.0 Å². The van der Waals surface area contributed by atoms with Crippen LogP contribution in [0, 0.1) is 0 Å². The number of rotatable bonds is 3. The molecule has 0 bridgehead atoms. The van der Waals surface area contributed by atoms with E-state index < -0.39 is 18.1 Å². The molecule has 2 N–H and O–H groups in total. The van der Waals surface area contributed by atoms with Crippen molar-refractivity contribution in [2.24, 2.45) is 0 Å². The van der Waals surface area contributed by atoms with Crippen molar-refractivity contribution < 1.29 is 19.8 Å². The Balaban J connectivity index is 2.06. The largest absolute Gasteiger partial charge is 0.480 e. The number of carbonyl (C=O) groups is 2. The Kier molecular flexibility index (Phi) is 4.07. The number of likely N-dealkylation sites (tertiary alicyclic amines) is 1. The summed E-state index contributed by atoms with van der Waals surface area (Å²) >= 11 is 5.75. The number of aliphatic hydroxyl groups is 1. The molecule has 0 radical (unpaired) electrons. The minimum atomic E-state index is -1.08. The van der Waals surface area contributed by atoms with Gasteiger partial charge in [0.1, 0.15) is 6.04 Å². The number of nitrogens with zero attached hydrogens (tertiary/aromatic N) is 1. The van der Waals surface area contributed by atoms with Crippen molar-refractivity contribution in [1.82, 2.24) is 4.90 Å². The number of benzene rings is 1. The second kappa shape index (κ2) is 5.59. The molecule has 0 saturated carbocycles. The molecule has 6 heteroatoms. The molecule has 0 aliphatic carbocycles. The van der Waals surface area contributed by atoms with Gasteiger partial charge in [-0.3, -0.25) is 4.79 Å². The summed E-state index contributed by atoms with van der Waals surface area (Å²) in [5.41, 5.74) is 0.764. The first kappa shape index (κ1) is 13.8. The third-order valence-corrected chi connectivity index (χ3v) is 3.40. The second-order valence-electron chi connectivity index (χ2n) is 4.59. The average Bonchev–Trinajstić information content (AvgIpc) is 2.74. The van der Waals surface area contributed by atoms with E-state index in [9.17, 15) is 14.7 Å². The van der Waals surface area contributed by atoms with Crippen LogP contribution in [-0.4, -0.2) is 45.7 Å². The van der Waals surface area contributed by atoms with Crippen LogP contribution in [0.5, 0.6) is 0 Å². The molecule has 1 saturated heterocycles. The lowest BCUT2D eigenvalue weighted by atomic mass is 10.1. The summed E-state index contributed by atoms with van der Waals surface area (Å²) in [5.74, 6) is -1.38. The molecule has 1 fully saturated rings. The highest BCUT2D eigenvalue weighted by molar-refractivity contribution is 6.30. The smallest absolute Gasteiger partial charge is 0.326 e. The van der Waals surface area contributed by atoms with E-state index in [2.05, 4.69) is 0 Å². The zero-order valence-corrected chi connectivity index (χ0v) is 10.9. The Morgan fingerprint density at radius 2 is 1.95 bits per heavy atom. The Morgan fingerprint density at radius 1 is 1.32 bits per heavy atom. The molecule has 0 unspecified atom stereocenters. The van der Waals surface area contributed by atoms with E-state index in [1.807, 2.05) is 0 Å². The SMILES string of the molecule is O=C(O)[C@@H]1C[C@@H](O)CN1C(=O)Cc1ccc(Cl)cc1. The predicted molar refractivity (Wildman–Crippen MR) is 68.9 cm³/mol. The van der Waals surface area contributed by atoms with Gasteiger partial charge >= 0.3 is 5.97 Å². The zero-order chi connectivity index (χ0) is 14.0. The van der Waals surface area contributed by atoms with Crippen molar-refractivity contribution >= 4 is 23.5 Å². The number of amides is 1. The molecule has 1 aliphatic heterocycles. The fourth-order valence-electron chi connectivity index (χ4n) is 2.20. The monoisotopic (exact) mass is 283 g/mol. The van der Waals surface area contributed by atoms with E-state index in [1.54, 1.807) is 24.3 Å². The molecule has 1 aromatic rings. The van der Waals surface area contributed by atoms with Crippen molar-refractivity contribution in [2.45, 2.75) is 25.0 Å². The molecular formula is C13H14ClNO4. The maximum Gasteiger partial charge on any atom is 0.326 e. The molecular weight excluding hydrogens is 270 g/mol. The van der Waals surface area contributed by atoms with E-state index in [-0.39, 0.29) is 25.3 Å². The lowest BCUT2D eigenvalue weighted by Gasteiger charge is -2.21. The van der Waals surface area contributed by atoms with Crippen LogP contribution in [0.4, 0.5) is 0 Å². The van der Waals surface area contributed by atoms with Gasteiger partial charge in [0.2, 0.25) is 5.91 Å². The van der Waals surface area contributed by atoms with Crippen molar-refractivity contribution in [2.75, 3.05) is 6.54 Å². The quantitative estimate of drug-likeness (QED) is 0.865. The minimum Gasteiger partial charge on any atom is -0.480 e. The lowest BCUT2D eigenvalue weighted by molar-refractivity contribution is -0.148. The van der Waals surface area contributed by atoms with Crippen molar-refractivity contribution in [3.8, 4) is 0 Å². The topological polar surface area (TPSA) is 77.8 Å². The molecule has 19 heavy (non-hydrogen) atoms. The number of β-amino-alcohol motifs (C(OH)–C–C–N with tert-alkyl or cyclic N) is 1. The average molecular weight is 284 g/mol. The number of carbonyl (C=O) groups excluding carboxylic acids is 1. The van der Waals surface area contributed by atoms with Gasteiger partial charge in [0.25, 0.3) is 0 Å².